The van der Waals surface area contributed by atoms with Crippen molar-refractivity contribution in [2.75, 3.05) is 19.6 Å². The first-order valence-electron chi connectivity index (χ1n) is 7.59. The molecule has 0 aromatic heterocycles. The van der Waals surface area contributed by atoms with Gasteiger partial charge in [0, 0.05) is 18.1 Å². The van der Waals surface area contributed by atoms with Crippen LogP contribution in [0.25, 0.3) is 0 Å². The van der Waals surface area contributed by atoms with Crippen molar-refractivity contribution in [3.8, 4) is 6.07 Å². The molecular weight excluding hydrogens is 324 g/mol. The van der Waals surface area contributed by atoms with Gasteiger partial charge in [0.1, 0.15) is 0 Å². The van der Waals surface area contributed by atoms with Crippen molar-refractivity contribution in [1.82, 2.24) is 10.6 Å². The maximum absolute atomic E-state index is 11.8. The number of carbonyl (C=O) groups excluding carboxylic acids is 1. The van der Waals surface area contributed by atoms with Gasteiger partial charge in [-0.3, -0.25) is 10.1 Å². The fraction of sp³-hybridized carbons (Fsp3) is 0.222. The molecule has 1 atom stereocenters. The minimum absolute atomic E-state index is 0.118. The number of halogens is 1. The van der Waals surface area contributed by atoms with E-state index in [0.717, 1.165) is 11.1 Å². The molecule has 0 saturated heterocycles. The second-order valence-electron chi connectivity index (χ2n) is 5.24. The number of nitrogens with zero attached hydrogens (tertiary/aromatic N) is 1. The molecule has 0 saturated carbocycles. The molecule has 24 heavy (non-hydrogen) atoms. The summed E-state index contributed by atoms with van der Waals surface area (Å²) in [6, 6.07) is 16.6. The molecule has 0 aliphatic rings. The first-order valence-corrected chi connectivity index (χ1v) is 7.97. The highest BCUT2D eigenvalue weighted by Gasteiger charge is 2.15. The summed E-state index contributed by atoms with van der Waals surface area (Å²) < 4.78 is 0. The highest BCUT2D eigenvalue weighted by atomic mass is 35.5. The Morgan fingerprint density at radius 3 is 2.25 bits per heavy atom. The van der Waals surface area contributed by atoms with Gasteiger partial charge in [0.15, 0.2) is 0 Å². The van der Waals surface area contributed by atoms with E-state index in [1.54, 1.807) is 12.1 Å². The zero-order valence-electron chi connectivity index (χ0n) is 13.1. The summed E-state index contributed by atoms with van der Waals surface area (Å²) in [5.74, 6) is -0.118. The van der Waals surface area contributed by atoms with Gasteiger partial charge in [-0.25, -0.2) is 0 Å². The van der Waals surface area contributed by atoms with Crippen molar-refractivity contribution in [3.05, 3.63) is 70.2 Å². The second kappa shape index (κ2) is 9.04. The van der Waals surface area contributed by atoms with Crippen LogP contribution in [0.1, 0.15) is 22.7 Å². The summed E-state index contributed by atoms with van der Waals surface area (Å²) in [6.07, 6.45) is 0. The molecule has 2 rings (SSSR count). The first-order chi connectivity index (χ1) is 11.6. The predicted octanol–water partition coefficient (Wildman–Crippen LogP) is 1.97. The first kappa shape index (κ1) is 18.0. The van der Waals surface area contributed by atoms with Crippen molar-refractivity contribution < 1.29 is 4.79 Å². The van der Waals surface area contributed by atoms with Crippen LogP contribution in [0.4, 0.5) is 0 Å². The van der Waals surface area contributed by atoms with E-state index in [2.05, 4.69) is 16.7 Å². The zero-order valence-corrected chi connectivity index (χ0v) is 13.9. The van der Waals surface area contributed by atoms with Gasteiger partial charge >= 0.3 is 0 Å². The predicted molar refractivity (Wildman–Crippen MR) is 94.5 cm³/mol. The Morgan fingerprint density at radius 2 is 1.71 bits per heavy atom. The number of amides is 1. The van der Waals surface area contributed by atoms with Gasteiger partial charge in [0.05, 0.1) is 24.2 Å². The topological polar surface area (TPSA) is 90.9 Å². The summed E-state index contributed by atoms with van der Waals surface area (Å²) >= 11 is 5.95. The Labute approximate surface area is 146 Å². The summed E-state index contributed by atoms with van der Waals surface area (Å²) in [4.78, 5) is 11.8. The average Bonchev–Trinajstić information content (AvgIpc) is 2.62. The Kier molecular flexibility index (Phi) is 6.76. The molecule has 6 heteroatoms. The van der Waals surface area contributed by atoms with Crippen molar-refractivity contribution in [3.63, 3.8) is 0 Å². The number of hydrogen-bond donors (Lipinski definition) is 3. The summed E-state index contributed by atoms with van der Waals surface area (Å²) in [5.41, 5.74) is 7.92. The molecule has 0 fully saturated rings. The van der Waals surface area contributed by atoms with Crippen LogP contribution in [0.2, 0.25) is 5.02 Å². The fourth-order valence-electron chi connectivity index (χ4n) is 2.30. The van der Waals surface area contributed by atoms with Crippen LogP contribution < -0.4 is 16.4 Å². The second-order valence-corrected chi connectivity index (χ2v) is 5.67. The summed E-state index contributed by atoms with van der Waals surface area (Å²) in [6.45, 7) is 1.01. The number of nitrogens with two attached hydrogens (primary N) is 1. The average molecular weight is 343 g/mol. The van der Waals surface area contributed by atoms with Crippen LogP contribution in [0.15, 0.2) is 48.5 Å². The van der Waals surface area contributed by atoms with Crippen LogP contribution >= 0.6 is 11.6 Å². The number of nitrogens with one attached hydrogen (secondary N) is 2. The van der Waals surface area contributed by atoms with Gasteiger partial charge in [-0.1, -0.05) is 35.9 Å². The van der Waals surface area contributed by atoms with Gasteiger partial charge in [0.25, 0.3) is 0 Å². The van der Waals surface area contributed by atoms with Crippen molar-refractivity contribution in [2.45, 2.75) is 6.04 Å². The Balaban J connectivity index is 2.19. The van der Waals surface area contributed by atoms with E-state index in [1.807, 2.05) is 36.4 Å². The molecule has 0 aliphatic heterocycles. The third-order valence-electron chi connectivity index (χ3n) is 3.51. The molecule has 0 spiro atoms. The number of nitriles is 1. The van der Waals surface area contributed by atoms with Crippen LogP contribution in [-0.2, 0) is 4.79 Å². The molecule has 4 N–H and O–H groups in total. The largest absolute Gasteiger partial charge is 0.354 e. The normalized spacial score (nSPS) is 11.5. The standard InChI is InChI=1S/C18H19ClN4O/c19-16-7-5-15(6-8-16)18(23-12-17(24)22-10-9-20)14-3-1-13(11-21)2-4-14/h1-8,18,23H,9-10,12,20H2,(H,22,24). The minimum Gasteiger partial charge on any atom is -0.354 e. The molecule has 0 aliphatic carbocycles. The lowest BCUT2D eigenvalue weighted by molar-refractivity contribution is -0.120. The summed E-state index contributed by atoms with van der Waals surface area (Å²) in [5, 5.41) is 15.5. The molecule has 2 aromatic carbocycles. The maximum atomic E-state index is 11.8. The third-order valence-corrected chi connectivity index (χ3v) is 3.76. The quantitative estimate of drug-likeness (QED) is 0.717. The molecule has 0 bridgehead atoms. The Bertz CT molecular complexity index is 707. The third kappa shape index (κ3) is 5.07. The van der Waals surface area contributed by atoms with Gasteiger partial charge in [-0.05, 0) is 35.4 Å². The fourth-order valence-corrected chi connectivity index (χ4v) is 2.43. The van der Waals surface area contributed by atoms with E-state index in [0.29, 0.717) is 23.7 Å². The molecule has 0 heterocycles. The van der Waals surface area contributed by atoms with Gasteiger partial charge < -0.3 is 11.1 Å². The van der Waals surface area contributed by atoms with Crippen LogP contribution in [0, 0.1) is 11.3 Å². The van der Waals surface area contributed by atoms with E-state index in [4.69, 9.17) is 22.6 Å². The molecule has 2 aromatic rings. The number of hydrogen-bond acceptors (Lipinski definition) is 4. The van der Waals surface area contributed by atoms with Crippen LogP contribution in [0.5, 0.6) is 0 Å². The van der Waals surface area contributed by atoms with E-state index in [-0.39, 0.29) is 18.5 Å². The van der Waals surface area contributed by atoms with Crippen LogP contribution in [-0.4, -0.2) is 25.5 Å². The van der Waals surface area contributed by atoms with Gasteiger partial charge in [-0.2, -0.15) is 5.26 Å². The van der Waals surface area contributed by atoms with Gasteiger partial charge in [-0.15, -0.1) is 0 Å². The molecule has 124 valence electrons. The molecular formula is C18H19ClN4O. The number of carbonyl (C=O) groups is 1. The lowest BCUT2D eigenvalue weighted by Gasteiger charge is -2.20. The Morgan fingerprint density at radius 1 is 1.12 bits per heavy atom. The number of benzene rings is 2. The smallest absolute Gasteiger partial charge is 0.234 e. The van der Waals surface area contributed by atoms with E-state index in [9.17, 15) is 4.79 Å². The molecule has 5 nitrogen and oxygen atoms in total. The highest BCUT2D eigenvalue weighted by Crippen LogP contribution is 2.23. The molecule has 1 amide bonds. The summed E-state index contributed by atoms with van der Waals surface area (Å²) in [7, 11) is 0. The van der Waals surface area contributed by atoms with Crippen molar-refractivity contribution >= 4 is 17.5 Å². The molecule has 1 unspecified atom stereocenters. The van der Waals surface area contributed by atoms with E-state index < -0.39 is 0 Å². The Hall–Kier alpha value is -2.39. The lowest BCUT2D eigenvalue weighted by Crippen LogP contribution is -2.38. The SMILES string of the molecule is N#Cc1ccc(C(NCC(=O)NCCN)c2ccc(Cl)cc2)cc1. The molecule has 0 radical (unpaired) electrons. The zero-order chi connectivity index (χ0) is 17.4. The van der Waals surface area contributed by atoms with Gasteiger partial charge in [0.2, 0.25) is 5.91 Å². The van der Waals surface area contributed by atoms with Crippen molar-refractivity contribution in [2.24, 2.45) is 5.73 Å². The monoisotopic (exact) mass is 342 g/mol. The minimum atomic E-state index is -0.182. The highest BCUT2D eigenvalue weighted by molar-refractivity contribution is 6.30. The van der Waals surface area contributed by atoms with Crippen molar-refractivity contribution in [1.29, 1.82) is 5.26 Å². The maximum Gasteiger partial charge on any atom is 0.234 e. The van der Waals surface area contributed by atoms with E-state index in [1.165, 1.54) is 0 Å². The lowest BCUT2D eigenvalue weighted by atomic mass is 9.98. The van der Waals surface area contributed by atoms with Crippen LogP contribution in [0.3, 0.4) is 0 Å². The van der Waals surface area contributed by atoms with E-state index >= 15 is 0 Å². The number of rotatable bonds is 7.